The number of benzene rings is 2. The number of thioether (sulfide) groups is 1. The summed E-state index contributed by atoms with van der Waals surface area (Å²) in [6.45, 7) is 5.79. The molecular formula is C22H19ClN2O3S2. The minimum atomic E-state index is -0.282. The topological polar surface area (TPSA) is 58.6 Å². The van der Waals surface area contributed by atoms with Crippen LogP contribution in [0.25, 0.3) is 6.08 Å². The predicted octanol–water partition coefficient (Wildman–Crippen LogP) is 5.05. The second-order valence-electron chi connectivity index (χ2n) is 6.45. The highest BCUT2D eigenvalue weighted by Gasteiger charge is 2.30. The molecule has 0 aromatic heterocycles. The molecule has 2 aromatic rings. The van der Waals surface area contributed by atoms with E-state index in [2.05, 4.69) is 11.9 Å². The Morgan fingerprint density at radius 3 is 2.73 bits per heavy atom. The van der Waals surface area contributed by atoms with Crippen molar-refractivity contribution >= 4 is 63.5 Å². The molecule has 0 saturated carbocycles. The van der Waals surface area contributed by atoms with E-state index in [9.17, 15) is 9.59 Å². The zero-order valence-corrected chi connectivity index (χ0v) is 18.6. The molecule has 5 nitrogen and oxygen atoms in total. The highest BCUT2D eigenvalue weighted by molar-refractivity contribution is 8.26. The molecule has 30 heavy (non-hydrogen) atoms. The van der Waals surface area contributed by atoms with Crippen molar-refractivity contribution in [2.45, 2.75) is 6.92 Å². The van der Waals surface area contributed by atoms with Crippen molar-refractivity contribution in [3.8, 4) is 5.75 Å². The van der Waals surface area contributed by atoms with Gasteiger partial charge in [-0.25, -0.2) is 0 Å². The third-order valence-electron chi connectivity index (χ3n) is 4.21. The first-order valence-corrected chi connectivity index (χ1v) is 10.6. The molecule has 1 aliphatic rings. The average Bonchev–Trinajstić information content (AvgIpc) is 2.98. The van der Waals surface area contributed by atoms with E-state index >= 15 is 0 Å². The van der Waals surface area contributed by atoms with Gasteiger partial charge >= 0.3 is 0 Å². The Labute approximate surface area is 189 Å². The first-order valence-electron chi connectivity index (χ1n) is 9.02. The van der Waals surface area contributed by atoms with Gasteiger partial charge in [-0.3, -0.25) is 14.5 Å². The standard InChI is InChI=1S/C22H19ClN2O3S2/c1-3-10-25-21(27)19(30-22(25)29)11-15-5-8-17(9-6-15)28-13-20(26)24-18-12-16(23)7-4-14(18)2/h3-9,11-12H,1,10,13H2,2H3,(H,24,26)/b19-11-. The molecule has 3 rings (SSSR count). The Bertz CT molecular complexity index is 1040. The summed E-state index contributed by atoms with van der Waals surface area (Å²) < 4.78 is 6.06. The monoisotopic (exact) mass is 458 g/mol. The molecule has 8 heteroatoms. The van der Waals surface area contributed by atoms with Crippen LogP contribution in [0.5, 0.6) is 5.75 Å². The van der Waals surface area contributed by atoms with Gasteiger partial charge in [0.1, 0.15) is 10.1 Å². The van der Waals surface area contributed by atoms with Gasteiger partial charge in [0, 0.05) is 17.3 Å². The van der Waals surface area contributed by atoms with E-state index in [1.807, 2.05) is 25.1 Å². The van der Waals surface area contributed by atoms with Crippen molar-refractivity contribution < 1.29 is 14.3 Å². The molecule has 1 fully saturated rings. The second kappa shape index (κ2) is 9.93. The van der Waals surface area contributed by atoms with Crippen LogP contribution in [0.2, 0.25) is 5.02 Å². The normalized spacial score (nSPS) is 14.9. The van der Waals surface area contributed by atoms with Crippen LogP contribution in [0, 0.1) is 6.92 Å². The van der Waals surface area contributed by atoms with Gasteiger partial charge in [-0.05, 0) is 48.4 Å². The number of amides is 2. The van der Waals surface area contributed by atoms with Crippen molar-refractivity contribution in [2.75, 3.05) is 18.5 Å². The summed E-state index contributed by atoms with van der Waals surface area (Å²) in [5.41, 5.74) is 2.40. The van der Waals surface area contributed by atoms with Crippen LogP contribution in [0.4, 0.5) is 5.69 Å². The first kappa shape index (κ1) is 22.1. The Balaban J connectivity index is 1.58. The van der Waals surface area contributed by atoms with Gasteiger partial charge in [-0.1, -0.05) is 59.9 Å². The zero-order valence-electron chi connectivity index (χ0n) is 16.2. The maximum absolute atomic E-state index is 12.4. The predicted molar refractivity (Wildman–Crippen MR) is 127 cm³/mol. The summed E-state index contributed by atoms with van der Waals surface area (Å²) in [6.07, 6.45) is 3.42. The lowest BCUT2D eigenvalue weighted by atomic mass is 10.2. The fourth-order valence-electron chi connectivity index (χ4n) is 2.66. The number of hydrogen-bond donors (Lipinski definition) is 1. The number of halogens is 1. The zero-order chi connectivity index (χ0) is 21.7. The summed E-state index contributed by atoms with van der Waals surface area (Å²) in [6, 6.07) is 12.4. The van der Waals surface area contributed by atoms with E-state index < -0.39 is 0 Å². The van der Waals surface area contributed by atoms with Crippen LogP contribution in [0.15, 0.2) is 60.0 Å². The number of anilines is 1. The summed E-state index contributed by atoms with van der Waals surface area (Å²) in [5.74, 6) is 0.137. The lowest BCUT2D eigenvalue weighted by Crippen LogP contribution is -2.27. The number of rotatable bonds is 7. The maximum Gasteiger partial charge on any atom is 0.266 e. The van der Waals surface area contributed by atoms with Crippen molar-refractivity contribution in [3.63, 3.8) is 0 Å². The summed E-state index contributed by atoms with van der Waals surface area (Å²) in [4.78, 5) is 26.6. The fraction of sp³-hybridized carbons (Fsp3) is 0.136. The number of thiocarbonyl (C=S) groups is 1. The van der Waals surface area contributed by atoms with Crippen LogP contribution in [0.3, 0.4) is 0 Å². The Morgan fingerprint density at radius 2 is 2.03 bits per heavy atom. The third-order valence-corrected chi connectivity index (χ3v) is 5.82. The van der Waals surface area contributed by atoms with Crippen molar-refractivity contribution in [1.29, 1.82) is 0 Å². The van der Waals surface area contributed by atoms with Crippen molar-refractivity contribution in [2.24, 2.45) is 0 Å². The van der Waals surface area contributed by atoms with Gasteiger partial charge in [0.25, 0.3) is 11.8 Å². The van der Waals surface area contributed by atoms with Crippen LogP contribution < -0.4 is 10.1 Å². The van der Waals surface area contributed by atoms with E-state index in [4.69, 9.17) is 28.6 Å². The molecule has 154 valence electrons. The van der Waals surface area contributed by atoms with E-state index in [0.717, 1.165) is 11.1 Å². The highest BCUT2D eigenvalue weighted by Crippen LogP contribution is 2.32. The molecule has 1 heterocycles. The lowest BCUT2D eigenvalue weighted by molar-refractivity contribution is -0.121. The van der Waals surface area contributed by atoms with Gasteiger partial charge < -0.3 is 10.1 Å². The van der Waals surface area contributed by atoms with Crippen molar-refractivity contribution in [1.82, 2.24) is 4.90 Å². The van der Waals surface area contributed by atoms with Crippen LogP contribution >= 0.6 is 35.6 Å². The summed E-state index contributed by atoms with van der Waals surface area (Å²) in [5, 5.41) is 3.33. The number of ether oxygens (including phenoxy) is 1. The Kier molecular flexibility index (Phi) is 7.31. The largest absolute Gasteiger partial charge is 0.484 e. The number of aryl methyl sites for hydroxylation is 1. The number of nitrogens with one attached hydrogen (secondary N) is 1. The van der Waals surface area contributed by atoms with E-state index in [1.165, 1.54) is 16.7 Å². The Hall–Kier alpha value is -2.61. The number of nitrogens with zero attached hydrogens (tertiary/aromatic N) is 1. The summed E-state index contributed by atoms with van der Waals surface area (Å²) in [7, 11) is 0. The minimum absolute atomic E-state index is 0.127. The highest BCUT2D eigenvalue weighted by atomic mass is 35.5. The number of carbonyl (C=O) groups excluding carboxylic acids is 2. The van der Waals surface area contributed by atoms with Gasteiger partial charge in [0.15, 0.2) is 6.61 Å². The molecule has 1 aliphatic heterocycles. The SMILES string of the molecule is C=CCN1C(=O)/C(=C/c2ccc(OCC(=O)Nc3cc(Cl)ccc3C)cc2)SC1=S. The molecule has 2 aromatic carbocycles. The smallest absolute Gasteiger partial charge is 0.266 e. The Morgan fingerprint density at radius 1 is 1.30 bits per heavy atom. The van der Waals surface area contributed by atoms with Gasteiger partial charge in [-0.15, -0.1) is 6.58 Å². The molecule has 0 spiro atoms. The van der Waals surface area contributed by atoms with Gasteiger partial charge in [0.2, 0.25) is 0 Å². The average molecular weight is 459 g/mol. The molecular weight excluding hydrogens is 440 g/mol. The number of carbonyl (C=O) groups is 2. The molecule has 0 bridgehead atoms. The van der Waals surface area contributed by atoms with Crippen molar-refractivity contribution in [3.05, 3.63) is 76.2 Å². The molecule has 0 radical (unpaired) electrons. The third kappa shape index (κ3) is 5.50. The van der Waals surface area contributed by atoms with Crippen LogP contribution in [0.1, 0.15) is 11.1 Å². The molecule has 1 saturated heterocycles. The second-order valence-corrected chi connectivity index (χ2v) is 8.56. The van der Waals surface area contributed by atoms with Crippen LogP contribution in [-0.4, -0.2) is 34.2 Å². The maximum atomic E-state index is 12.4. The molecule has 1 N–H and O–H groups in total. The van der Waals surface area contributed by atoms with Gasteiger partial charge in [-0.2, -0.15) is 0 Å². The number of hydrogen-bond acceptors (Lipinski definition) is 5. The van der Waals surface area contributed by atoms with Crippen LogP contribution in [-0.2, 0) is 9.59 Å². The molecule has 0 unspecified atom stereocenters. The molecule has 0 atom stereocenters. The van der Waals surface area contributed by atoms with E-state index in [0.29, 0.717) is 32.2 Å². The quantitative estimate of drug-likeness (QED) is 0.357. The first-order chi connectivity index (χ1) is 14.4. The summed E-state index contributed by atoms with van der Waals surface area (Å²) >= 11 is 12.5. The van der Waals surface area contributed by atoms with Gasteiger partial charge in [0.05, 0.1) is 4.91 Å². The molecule has 0 aliphatic carbocycles. The molecule has 2 amide bonds. The minimum Gasteiger partial charge on any atom is -0.484 e. The van der Waals surface area contributed by atoms with E-state index in [-0.39, 0.29) is 18.4 Å². The fourth-order valence-corrected chi connectivity index (χ4v) is 4.11. The lowest BCUT2D eigenvalue weighted by Gasteiger charge is -2.10. The van der Waals surface area contributed by atoms with E-state index in [1.54, 1.807) is 36.4 Å².